The van der Waals surface area contributed by atoms with Crippen LogP contribution in [0.25, 0.3) is 0 Å². The monoisotopic (exact) mass is 643 g/mol. The van der Waals surface area contributed by atoms with Gasteiger partial charge in [0.15, 0.2) is 0 Å². The Bertz CT molecular complexity index is 1060. The molecule has 2 atom stereocenters. The number of hydrogen-bond acceptors (Lipinski definition) is 4. The smallest absolute Gasteiger partial charge is 0.267 e. The van der Waals surface area contributed by atoms with E-state index < -0.39 is 28.0 Å². The molecule has 6 nitrogen and oxygen atoms in total. The fourth-order valence-electron chi connectivity index (χ4n) is 4.34. The second-order valence-electron chi connectivity index (χ2n) is 11.1. The first-order valence-electron chi connectivity index (χ1n) is 16.9. The zero-order chi connectivity index (χ0) is 33.3. The van der Waals surface area contributed by atoms with Crippen molar-refractivity contribution in [3.8, 4) is 0 Å². The highest BCUT2D eigenvalue weighted by Gasteiger charge is 2.24. The van der Waals surface area contributed by atoms with Gasteiger partial charge in [-0.1, -0.05) is 123 Å². The van der Waals surface area contributed by atoms with Crippen LogP contribution in [0, 0.1) is 0 Å². The van der Waals surface area contributed by atoms with E-state index in [1.807, 2.05) is 13.0 Å². The maximum atomic E-state index is 12.4. The molecule has 0 aliphatic carbocycles. The summed E-state index contributed by atoms with van der Waals surface area (Å²) in [4.78, 5) is 12.4. The number of aliphatic hydroxyl groups excluding tert-OH is 1. The molecule has 0 aliphatic rings. The predicted octanol–water partition coefficient (Wildman–Crippen LogP) is 9.45. The molecule has 0 fully saturated rings. The summed E-state index contributed by atoms with van der Waals surface area (Å²) in [6.45, 7) is 4.14. The second-order valence-corrected chi connectivity index (χ2v) is 12.5. The van der Waals surface area contributed by atoms with Gasteiger partial charge in [-0.05, 0) is 84.0 Å². The number of carbonyl (C=O) groups is 1. The van der Waals surface area contributed by atoms with Gasteiger partial charge in [0.1, 0.15) is 0 Å². The topological polar surface area (TPSA) is 104 Å². The van der Waals surface area contributed by atoms with Crippen LogP contribution in [0.4, 0.5) is 0 Å². The Hall–Kier alpha value is -2.74. The van der Waals surface area contributed by atoms with E-state index in [2.05, 4.69) is 91.2 Å². The van der Waals surface area contributed by atoms with Crippen molar-refractivity contribution in [2.75, 3.05) is 5.75 Å². The standard InChI is InChI=1S/C38H61NO5S/c1-3-5-7-9-11-13-14-15-16-17-18-19-20-21-22-23-24-26-28-30-32-34-38(41)39-36(35-45(42,43)44)37(40)33-31-29-27-25-12-10-8-6-4-2/h4-7,11-13,15-16,18-19,21-22,25,31,33,36-37,40H,3,8-10,14,17,20,23-24,26-30,32,34-35H2,1-2H3,(H,39,41)(H,42,43,44)/b6-4+,7-5-,13-11-,16-15-,19-18-,22-21-,25-12+,33-31+. The second kappa shape index (κ2) is 31.3. The Morgan fingerprint density at radius 2 is 1.11 bits per heavy atom. The van der Waals surface area contributed by atoms with Gasteiger partial charge in [0, 0.05) is 6.42 Å². The molecule has 1 amide bonds. The van der Waals surface area contributed by atoms with Crippen LogP contribution in [0.2, 0.25) is 0 Å². The molecule has 2 unspecified atom stereocenters. The van der Waals surface area contributed by atoms with Crippen LogP contribution >= 0.6 is 0 Å². The van der Waals surface area contributed by atoms with Gasteiger partial charge in [-0.2, -0.15) is 8.42 Å². The minimum absolute atomic E-state index is 0.255. The van der Waals surface area contributed by atoms with Crippen molar-refractivity contribution in [1.29, 1.82) is 0 Å². The Labute approximate surface area is 275 Å². The lowest BCUT2D eigenvalue weighted by Gasteiger charge is -2.21. The van der Waals surface area contributed by atoms with Crippen molar-refractivity contribution in [3.05, 3.63) is 97.2 Å². The van der Waals surface area contributed by atoms with Crippen LogP contribution < -0.4 is 5.32 Å². The molecule has 0 spiro atoms. The molecule has 45 heavy (non-hydrogen) atoms. The number of amides is 1. The highest BCUT2D eigenvalue weighted by Crippen LogP contribution is 2.09. The first kappa shape index (κ1) is 42.3. The van der Waals surface area contributed by atoms with Gasteiger partial charge in [0.2, 0.25) is 5.91 Å². The summed E-state index contributed by atoms with van der Waals surface area (Å²) in [5.74, 6) is -1.05. The van der Waals surface area contributed by atoms with Crippen LogP contribution in [-0.4, -0.2) is 41.9 Å². The molecule has 0 aromatic carbocycles. The lowest BCUT2D eigenvalue weighted by molar-refractivity contribution is -0.122. The Balaban J connectivity index is 4.06. The van der Waals surface area contributed by atoms with Gasteiger partial charge in [-0.3, -0.25) is 9.35 Å². The summed E-state index contributed by atoms with van der Waals surface area (Å²) in [6, 6.07) is -1.09. The molecule has 0 aromatic heterocycles. The number of allylic oxidation sites excluding steroid dienone is 15. The number of hydrogen-bond donors (Lipinski definition) is 3. The van der Waals surface area contributed by atoms with E-state index in [1.165, 1.54) is 6.08 Å². The minimum atomic E-state index is -4.36. The Morgan fingerprint density at radius 1 is 0.644 bits per heavy atom. The number of rotatable bonds is 28. The van der Waals surface area contributed by atoms with Crippen LogP contribution in [-0.2, 0) is 14.9 Å². The van der Waals surface area contributed by atoms with E-state index >= 15 is 0 Å². The average Bonchev–Trinajstić information content (AvgIpc) is 3.00. The lowest BCUT2D eigenvalue weighted by Crippen LogP contribution is -2.46. The lowest BCUT2D eigenvalue weighted by atomic mass is 10.1. The first-order valence-corrected chi connectivity index (χ1v) is 18.5. The highest BCUT2D eigenvalue weighted by atomic mass is 32.2. The van der Waals surface area contributed by atoms with Crippen LogP contribution in [0.3, 0.4) is 0 Å². The quantitative estimate of drug-likeness (QED) is 0.0448. The molecule has 3 N–H and O–H groups in total. The Kier molecular flexibility index (Phi) is 29.3. The van der Waals surface area contributed by atoms with Crippen molar-refractivity contribution >= 4 is 16.0 Å². The van der Waals surface area contributed by atoms with Gasteiger partial charge in [-0.25, -0.2) is 0 Å². The van der Waals surface area contributed by atoms with E-state index in [-0.39, 0.29) is 12.3 Å². The zero-order valence-corrected chi connectivity index (χ0v) is 28.8. The van der Waals surface area contributed by atoms with E-state index in [1.54, 1.807) is 6.08 Å². The molecular formula is C38H61NO5S. The average molecular weight is 644 g/mol. The van der Waals surface area contributed by atoms with E-state index in [0.29, 0.717) is 12.8 Å². The molecule has 0 heterocycles. The molecular weight excluding hydrogens is 582 g/mol. The Morgan fingerprint density at radius 3 is 1.67 bits per heavy atom. The summed E-state index contributed by atoms with van der Waals surface area (Å²) < 4.78 is 32.2. The molecule has 0 rings (SSSR count). The van der Waals surface area contributed by atoms with E-state index in [9.17, 15) is 22.9 Å². The molecule has 0 aromatic rings. The maximum Gasteiger partial charge on any atom is 0.267 e. The van der Waals surface area contributed by atoms with Crippen molar-refractivity contribution in [1.82, 2.24) is 5.32 Å². The van der Waals surface area contributed by atoms with Crippen molar-refractivity contribution in [2.45, 2.75) is 129 Å². The van der Waals surface area contributed by atoms with Gasteiger partial charge >= 0.3 is 0 Å². The summed E-state index contributed by atoms with van der Waals surface area (Å²) in [5.41, 5.74) is 0. The highest BCUT2D eigenvalue weighted by molar-refractivity contribution is 7.85. The summed E-state index contributed by atoms with van der Waals surface area (Å²) >= 11 is 0. The van der Waals surface area contributed by atoms with Crippen molar-refractivity contribution < 1.29 is 22.9 Å². The summed E-state index contributed by atoms with van der Waals surface area (Å²) in [7, 11) is -4.36. The first-order chi connectivity index (χ1) is 21.8. The van der Waals surface area contributed by atoms with Gasteiger partial charge < -0.3 is 10.4 Å². The van der Waals surface area contributed by atoms with Crippen LogP contribution in [0.5, 0.6) is 0 Å². The van der Waals surface area contributed by atoms with Crippen LogP contribution in [0.1, 0.15) is 117 Å². The summed E-state index contributed by atoms with van der Waals surface area (Å²) in [5, 5.41) is 13.0. The number of aliphatic hydroxyl groups is 1. The molecule has 0 radical (unpaired) electrons. The minimum Gasteiger partial charge on any atom is -0.387 e. The van der Waals surface area contributed by atoms with Crippen LogP contribution in [0.15, 0.2) is 97.2 Å². The normalized spacial score (nSPS) is 14.7. The van der Waals surface area contributed by atoms with Gasteiger partial charge in [0.05, 0.1) is 17.9 Å². The third kappa shape index (κ3) is 32.5. The predicted molar refractivity (Wildman–Crippen MR) is 193 cm³/mol. The van der Waals surface area contributed by atoms with Crippen molar-refractivity contribution in [3.63, 3.8) is 0 Å². The van der Waals surface area contributed by atoms with Gasteiger partial charge in [-0.15, -0.1) is 0 Å². The SMILES string of the molecule is C/C=C/CC/C=C/CC/C=C/C(O)C(CS(=O)(=O)O)NC(=O)CCCCCCC/C=C\C/C=C\C/C=C\C/C=C\C/C=C\CC. The van der Waals surface area contributed by atoms with Gasteiger partial charge in [0.25, 0.3) is 10.1 Å². The third-order valence-electron chi connectivity index (χ3n) is 6.82. The molecule has 0 bridgehead atoms. The zero-order valence-electron chi connectivity index (χ0n) is 27.9. The summed E-state index contributed by atoms with van der Waals surface area (Å²) in [6.07, 6.45) is 47.0. The van der Waals surface area contributed by atoms with E-state index in [4.69, 9.17) is 0 Å². The molecule has 7 heteroatoms. The number of unbranched alkanes of at least 4 members (excludes halogenated alkanes) is 7. The number of nitrogens with one attached hydrogen (secondary N) is 1. The molecule has 254 valence electrons. The fourth-order valence-corrected chi connectivity index (χ4v) is 5.07. The molecule has 0 saturated carbocycles. The maximum absolute atomic E-state index is 12.4. The molecule has 0 saturated heterocycles. The largest absolute Gasteiger partial charge is 0.387 e. The number of carbonyl (C=O) groups excluding carboxylic acids is 1. The van der Waals surface area contributed by atoms with E-state index in [0.717, 1.165) is 83.5 Å². The fraction of sp³-hybridized carbons (Fsp3) is 0.553. The molecule has 0 aliphatic heterocycles. The third-order valence-corrected chi connectivity index (χ3v) is 7.60. The van der Waals surface area contributed by atoms with Crippen molar-refractivity contribution in [2.24, 2.45) is 0 Å².